The molecule has 2 aromatic rings. The zero-order valence-corrected chi connectivity index (χ0v) is 11.2. The summed E-state index contributed by atoms with van der Waals surface area (Å²) in [6.45, 7) is 2.40. The van der Waals surface area contributed by atoms with Gasteiger partial charge in [0.05, 0.1) is 11.5 Å². The number of ether oxygens (including phenoxy) is 1. The first kappa shape index (κ1) is 12.8. The van der Waals surface area contributed by atoms with Crippen molar-refractivity contribution in [1.29, 1.82) is 0 Å². The van der Waals surface area contributed by atoms with E-state index in [2.05, 4.69) is 14.9 Å². The SMILES string of the molecule is CCOc1ccc(S(=O)(=O)Nc2nncs2)cc1. The van der Waals surface area contributed by atoms with Crippen molar-refractivity contribution in [3.8, 4) is 5.75 Å². The fourth-order valence-corrected chi connectivity index (χ4v) is 2.97. The van der Waals surface area contributed by atoms with Crippen LogP contribution in [0, 0.1) is 0 Å². The minimum atomic E-state index is -3.61. The lowest BCUT2D eigenvalue weighted by Crippen LogP contribution is -2.12. The first-order valence-electron chi connectivity index (χ1n) is 5.13. The van der Waals surface area contributed by atoms with Crippen molar-refractivity contribution in [1.82, 2.24) is 10.2 Å². The van der Waals surface area contributed by atoms with Crippen LogP contribution >= 0.6 is 11.3 Å². The maximum atomic E-state index is 12.0. The molecule has 0 saturated carbocycles. The van der Waals surface area contributed by atoms with E-state index in [0.717, 1.165) is 11.3 Å². The monoisotopic (exact) mass is 285 g/mol. The van der Waals surface area contributed by atoms with Crippen LogP contribution in [0.2, 0.25) is 0 Å². The molecule has 0 fully saturated rings. The lowest BCUT2D eigenvalue weighted by atomic mass is 10.3. The van der Waals surface area contributed by atoms with Gasteiger partial charge in [-0.1, -0.05) is 11.3 Å². The predicted octanol–water partition coefficient (Wildman–Crippen LogP) is 1.74. The summed E-state index contributed by atoms with van der Waals surface area (Å²) in [6, 6.07) is 6.18. The minimum absolute atomic E-state index is 0.154. The number of aromatic nitrogens is 2. The Balaban J connectivity index is 2.19. The van der Waals surface area contributed by atoms with Crippen LogP contribution in [-0.4, -0.2) is 25.2 Å². The summed E-state index contributed by atoms with van der Waals surface area (Å²) in [4.78, 5) is 0.154. The van der Waals surface area contributed by atoms with Crippen molar-refractivity contribution in [3.05, 3.63) is 29.8 Å². The van der Waals surface area contributed by atoms with E-state index in [4.69, 9.17) is 4.74 Å². The van der Waals surface area contributed by atoms with Gasteiger partial charge in [0, 0.05) is 0 Å². The van der Waals surface area contributed by atoms with Crippen molar-refractivity contribution in [3.63, 3.8) is 0 Å². The molecule has 6 nitrogen and oxygen atoms in total. The second-order valence-electron chi connectivity index (χ2n) is 3.25. The highest BCUT2D eigenvalue weighted by molar-refractivity contribution is 7.93. The minimum Gasteiger partial charge on any atom is -0.494 e. The number of hydrogen-bond donors (Lipinski definition) is 1. The van der Waals surface area contributed by atoms with Crippen LogP contribution in [0.4, 0.5) is 5.13 Å². The summed E-state index contributed by atoms with van der Waals surface area (Å²) < 4.78 is 31.5. The molecule has 0 aliphatic rings. The number of hydrogen-bond acceptors (Lipinski definition) is 6. The molecular weight excluding hydrogens is 274 g/mol. The second-order valence-corrected chi connectivity index (χ2v) is 5.77. The van der Waals surface area contributed by atoms with E-state index in [1.165, 1.54) is 17.6 Å². The van der Waals surface area contributed by atoms with E-state index in [0.29, 0.717) is 12.4 Å². The third-order valence-electron chi connectivity index (χ3n) is 2.03. The van der Waals surface area contributed by atoms with E-state index < -0.39 is 10.0 Å². The van der Waals surface area contributed by atoms with Crippen molar-refractivity contribution in [2.75, 3.05) is 11.3 Å². The molecule has 0 radical (unpaired) electrons. The zero-order chi connectivity index (χ0) is 13.0. The lowest BCUT2D eigenvalue weighted by Gasteiger charge is -2.06. The van der Waals surface area contributed by atoms with Crippen LogP contribution in [0.15, 0.2) is 34.7 Å². The second kappa shape index (κ2) is 5.32. The van der Waals surface area contributed by atoms with Crippen LogP contribution in [-0.2, 0) is 10.0 Å². The maximum absolute atomic E-state index is 12.0. The summed E-state index contributed by atoms with van der Waals surface area (Å²) in [5.41, 5.74) is 1.45. The summed E-state index contributed by atoms with van der Waals surface area (Å²) in [6.07, 6.45) is 0. The smallest absolute Gasteiger partial charge is 0.263 e. The zero-order valence-electron chi connectivity index (χ0n) is 9.53. The number of benzene rings is 1. The molecule has 0 spiro atoms. The number of nitrogens with one attached hydrogen (secondary N) is 1. The van der Waals surface area contributed by atoms with E-state index >= 15 is 0 Å². The van der Waals surface area contributed by atoms with Crippen LogP contribution in [0.3, 0.4) is 0 Å². The van der Waals surface area contributed by atoms with Gasteiger partial charge in [-0.2, -0.15) is 0 Å². The fraction of sp³-hybridized carbons (Fsp3) is 0.200. The number of anilines is 1. The predicted molar refractivity (Wildman–Crippen MR) is 68.3 cm³/mol. The molecule has 1 aromatic heterocycles. The third-order valence-corrected chi connectivity index (χ3v) is 4.12. The Kier molecular flexibility index (Phi) is 3.78. The molecule has 1 aromatic carbocycles. The molecule has 96 valence electrons. The molecule has 2 rings (SSSR count). The van der Waals surface area contributed by atoms with Crippen LogP contribution in [0.1, 0.15) is 6.92 Å². The van der Waals surface area contributed by atoms with Crippen LogP contribution < -0.4 is 9.46 Å². The summed E-state index contributed by atoms with van der Waals surface area (Å²) in [5.74, 6) is 0.632. The van der Waals surface area contributed by atoms with Gasteiger partial charge in [-0.25, -0.2) is 8.42 Å². The summed E-state index contributed by atoms with van der Waals surface area (Å²) in [5, 5.41) is 7.43. The molecule has 0 aliphatic carbocycles. The van der Waals surface area contributed by atoms with Gasteiger partial charge in [0.25, 0.3) is 10.0 Å². The quantitative estimate of drug-likeness (QED) is 0.905. The topological polar surface area (TPSA) is 81.2 Å². The summed E-state index contributed by atoms with van der Waals surface area (Å²) in [7, 11) is -3.61. The maximum Gasteiger partial charge on any atom is 0.263 e. The normalized spacial score (nSPS) is 11.2. The molecule has 1 heterocycles. The molecule has 8 heteroatoms. The Hall–Kier alpha value is -1.67. The fourth-order valence-electron chi connectivity index (χ4n) is 1.27. The van der Waals surface area contributed by atoms with E-state index in [9.17, 15) is 8.42 Å². The van der Waals surface area contributed by atoms with Gasteiger partial charge in [0.1, 0.15) is 11.3 Å². The molecule has 0 atom stereocenters. The Morgan fingerprint density at radius 1 is 1.33 bits per heavy atom. The van der Waals surface area contributed by atoms with Crippen LogP contribution in [0.25, 0.3) is 0 Å². The van der Waals surface area contributed by atoms with E-state index in [1.54, 1.807) is 12.1 Å². The Labute approximate surface area is 109 Å². The molecule has 1 N–H and O–H groups in total. The molecule has 0 aliphatic heterocycles. The first-order chi connectivity index (χ1) is 8.62. The third kappa shape index (κ3) is 2.96. The molecule has 18 heavy (non-hydrogen) atoms. The molecular formula is C10H11N3O3S2. The van der Waals surface area contributed by atoms with Crippen molar-refractivity contribution < 1.29 is 13.2 Å². The molecule has 0 saturated heterocycles. The van der Waals surface area contributed by atoms with Gasteiger partial charge in [0.2, 0.25) is 5.13 Å². The van der Waals surface area contributed by atoms with E-state index in [1.807, 2.05) is 6.92 Å². The number of nitrogens with zero attached hydrogens (tertiary/aromatic N) is 2. The highest BCUT2D eigenvalue weighted by Crippen LogP contribution is 2.19. The average molecular weight is 285 g/mol. The Morgan fingerprint density at radius 3 is 2.61 bits per heavy atom. The van der Waals surface area contributed by atoms with Gasteiger partial charge in [0.15, 0.2) is 0 Å². The average Bonchev–Trinajstić information content (AvgIpc) is 2.82. The highest BCUT2D eigenvalue weighted by atomic mass is 32.2. The largest absolute Gasteiger partial charge is 0.494 e. The van der Waals surface area contributed by atoms with Gasteiger partial charge < -0.3 is 4.74 Å². The van der Waals surface area contributed by atoms with Gasteiger partial charge in [-0.15, -0.1) is 10.2 Å². The van der Waals surface area contributed by atoms with Crippen molar-refractivity contribution >= 4 is 26.5 Å². The van der Waals surface area contributed by atoms with Gasteiger partial charge in [-0.05, 0) is 31.2 Å². The number of rotatable bonds is 5. The van der Waals surface area contributed by atoms with E-state index in [-0.39, 0.29) is 10.0 Å². The molecule has 0 bridgehead atoms. The highest BCUT2D eigenvalue weighted by Gasteiger charge is 2.15. The van der Waals surface area contributed by atoms with Crippen molar-refractivity contribution in [2.45, 2.75) is 11.8 Å². The molecule has 0 amide bonds. The first-order valence-corrected chi connectivity index (χ1v) is 7.50. The van der Waals surface area contributed by atoms with Gasteiger partial charge in [-0.3, -0.25) is 4.72 Å². The Morgan fingerprint density at radius 2 is 2.06 bits per heavy atom. The molecule has 0 unspecified atom stereocenters. The van der Waals surface area contributed by atoms with Crippen molar-refractivity contribution in [2.24, 2.45) is 0 Å². The van der Waals surface area contributed by atoms with Gasteiger partial charge >= 0.3 is 0 Å². The lowest BCUT2D eigenvalue weighted by molar-refractivity contribution is 0.340. The van der Waals surface area contributed by atoms with Crippen LogP contribution in [0.5, 0.6) is 5.75 Å². The standard InChI is InChI=1S/C10H11N3O3S2/c1-2-16-8-3-5-9(6-4-8)18(14,15)13-10-12-11-7-17-10/h3-7H,2H2,1H3,(H,12,13). The number of sulfonamides is 1. The Bertz CT molecular complexity index is 594. The summed E-state index contributed by atoms with van der Waals surface area (Å²) >= 11 is 1.12.